The smallest absolute Gasteiger partial charge is 0.0468 e. The van der Waals surface area contributed by atoms with Crippen LogP contribution in [0.1, 0.15) is 30.9 Å². The number of rotatable bonds is 4. The van der Waals surface area contributed by atoms with Crippen molar-refractivity contribution in [1.29, 1.82) is 0 Å². The highest BCUT2D eigenvalue weighted by molar-refractivity contribution is 6.35. The predicted octanol–water partition coefficient (Wildman–Crippen LogP) is 4.83. The van der Waals surface area contributed by atoms with Crippen molar-refractivity contribution >= 4 is 23.2 Å². The van der Waals surface area contributed by atoms with Gasteiger partial charge >= 0.3 is 0 Å². The molecule has 1 saturated heterocycles. The minimum atomic E-state index is 0.0426. The number of piperidine rings is 1. The normalized spacial score (nSPS) is 17.8. The van der Waals surface area contributed by atoms with Crippen molar-refractivity contribution in [2.24, 2.45) is 5.11 Å². The van der Waals surface area contributed by atoms with Gasteiger partial charge in [-0.05, 0) is 49.2 Å². The summed E-state index contributed by atoms with van der Waals surface area (Å²) in [5.74, 6) is 0. The van der Waals surface area contributed by atoms with Crippen LogP contribution in [0.4, 0.5) is 0 Å². The lowest BCUT2D eigenvalue weighted by molar-refractivity contribution is 0.167. The van der Waals surface area contributed by atoms with Gasteiger partial charge in [0, 0.05) is 27.5 Å². The van der Waals surface area contributed by atoms with Gasteiger partial charge in [0.15, 0.2) is 0 Å². The van der Waals surface area contributed by atoms with Crippen LogP contribution in [0.3, 0.4) is 0 Å². The molecule has 0 bridgehead atoms. The van der Waals surface area contributed by atoms with Crippen molar-refractivity contribution in [1.82, 2.24) is 4.90 Å². The van der Waals surface area contributed by atoms with Crippen LogP contribution in [0, 0.1) is 0 Å². The average molecular weight is 299 g/mol. The molecule has 1 aliphatic heterocycles. The van der Waals surface area contributed by atoms with Crippen molar-refractivity contribution in [2.75, 3.05) is 19.6 Å². The Bertz CT molecular complexity index is 480. The maximum absolute atomic E-state index is 8.56. The third kappa shape index (κ3) is 3.77. The van der Waals surface area contributed by atoms with Gasteiger partial charge in [0.05, 0.1) is 0 Å². The Morgan fingerprint density at radius 3 is 2.63 bits per heavy atom. The fourth-order valence-corrected chi connectivity index (χ4v) is 3.06. The van der Waals surface area contributed by atoms with Crippen molar-refractivity contribution in [3.05, 3.63) is 44.3 Å². The fraction of sp³-hybridized carbons (Fsp3) is 0.538. The Hall–Kier alpha value is -0.930. The Morgan fingerprint density at radius 2 is 2.00 bits per heavy atom. The molecule has 1 aromatic rings. The van der Waals surface area contributed by atoms with E-state index in [1.165, 1.54) is 19.3 Å². The monoisotopic (exact) mass is 298 g/mol. The summed E-state index contributed by atoms with van der Waals surface area (Å²) in [7, 11) is 0. The Kier molecular flexibility index (Phi) is 5.34. The molecule has 0 N–H and O–H groups in total. The van der Waals surface area contributed by atoms with Crippen molar-refractivity contribution in [2.45, 2.75) is 25.3 Å². The topological polar surface area (TPSA) is 52.0 Å². The van der Waals surface area contributed by atoms with Crippen LogP contribution in [0.2, 0.25) is 10.0 Å². The second kappa shape index (κ2) is 7.01. The average Bonchev–Trinajstić information content (AvgIpc) is 2.42. The molecular formula is C13H16Cl2N4. The van der Waals surface area contributed by atoms with Crippen LogP contribution in [-0.4, -0.2) is 24.5 Å². The van der Waals surface area contributed by atoms with Crippen LogP contribution in [0.25, 0.3) is 10.4 Å². The van der Waals surface area contributed by atoms with Crippen LogP contribution in [0.15, 0.2) is 23.3 Å². The number of nitrogens with zero attached hydrogens (tertiary/aromatic N) is 4. The quantitative estimate of drug-likeness (QED) is 0.446. The predicted molar refractivity (Wildman–Crippen MR) is 78.6 cm³/mol. The van der Waals surface area contributed by atoms with Gasteiger partial charge in [-0.3, -0.25) is 4.90 Å². The largest absolute Gasteiger partial charge is 0.296 e. The highest BCUT2D eigenvalue weighted by Gasteiger charge is 2.23. The summed E-state index contributed by atoms with van der Waals surface area (Å²) in [6.07, 6.45) is 3.62. The van der Waals surface area contributed by atoms with E-state index in [1.807, 2.05) is 12.1 Å². The first-order valence-electron chi connectivity index (χ1n) is 6.42. The van der Waals surface area contributed by atoms with Gasteiger partial charge in [-0.25, -0.2) is 0 Å². The summed E-state index contributed by atoms with van der Waals surface area (Å²) >= 11 is 12.2. The van der Waals surface area contributed by atoms with Crippen LogP contribution in [-0.2, 0) is 0 Å². The van der Waals surface area contributed by atoms with Crippen LogP contribution >= 0.6 is 23.2 Å². The molecular weight excluding hydrogens is 283 g/mol. The van der Waals surface area contributed by atoms with Crippen molar-refractivity contribution in [3.8, 4) is 0 Å². The molecule has 0 radical (unpaired) electrons. The van der Waals surface area contributed by atoms with Gasteiger partial charge in [0.2, 0.25) is 0 Å². The molecule has 6 heteroatoms. The first-order chi connectivity index (χ1) is 9.22. The number of hydrogen-bond acceptors (Lipinski definition) is 2. The van der Waals surface area contributed by atoms with Gasteiger partial charge in [-0.1, -0.05) is 40.8 Å². The lowest BCUT2D eigenvalue weighted by atomic mass is 10.0. The van der Waals surface area contributed by atoms with E-state index in [4.69, 9.17) is 28.7 Å². The number of likely N-dealkylation sites (tertiary alicyclic amines) is 1. The highest BCUT2D eigenvalue weighted by Crippen LogP contribution is 2.32. The van der Waals surface area contributed by atoms with E-state index in [0.29, 0.717) is 16.6 Å². The molecule has 0 amide bonds. The molecule has 0 saturated carbocycles. The number of hydrogen-bond donors (Lipinski definition) is 0. The third-order valence-electron chi connectivity index (χ3n) is 3.47. The summed E-state index contributed by atoms with van der Waals surface area (Å²) in [6, 6.07) is 5.54. The van der Waals surface area contributed by atoms with Gasteiger partial charge in [0.1, 0.15) is 0 Å². The van der Waals surface area contributed by atoms with E-state index >= 15 is 0 Å². The standard InChI is InChI=1S/C13H16Cl2N4/c14-10-4-5-11(12(15)8-10)13(9-17-18-16)19-6-2-1-3-7-19/h4-5,8,13H,1-3,6-7,9H2. The van der Waals surface area contributed by atoms with Gasteiger partial charge in [-0.15, -0.1) is 0 Å². The molecule has 102 valence electrons. The number of benzene rings is 1. The summed E-state index contributed by atoms with van der Waals surface area (Å²) in [5.41, 5.74) is 9.55. The van der Waals surface area contributed by atoms with Gasteiger partial charge in [0.25, 0.3) is 0 Å². The summed E-state index contributed by atoms with van der Waals surface area (Å²) in [5, 5.41) is 4.99. The van der Waals surface area contributed by atoms with E-state index in [9.17, 15) is 0 Å². The van der Waals surface area contributed by atoms with Crippen LogP contribution in [0.5, 0.6) is 0 Å². The van der Waals surface area contributed by atoms with Gasteiger partial charge < -0.3 is 0 Å². The molecule has 1 atom stereocenters. The number of azide groups is 1. The molecule has 4 nitrogen and oxygen atoms in total. The molecule has 0 spiro atoms. The molecule has 2 rings (SSSR count). The lowest BCUT2D eigenvalue weighted by Crippen LogP contribution is -2.35. The Balaban J connectivity index is 2.27. The zero-order valence-corrected chi connectivity index (χ0v) is 12.1. The zero-order valence-electron chi connectivity index (χ0n) is 10.6. The highest BCUT2D eigenvalue weighted by atomic mass is 35.5. The maximum atomic E-state index is 8.56. The third-order valence-corrected chi connectivity index (χ3v) is 4.03. The molecule has 0 aliphatic carbocycles. The van der Waals surface area contributed by atoms with Crippen molar-refractivity contribution in [3.63, 3.8) is 0 Å². The molecule has 1 fully saturated rings. The van der Waals surface area contributed by atoms with E-state index in [-0.39, 0.29) is 6.04 Å². The Labute approximate surface area is 122 Å². The van der Waals surface area contributed by atoms with E-state index < -0.39 is 0 Å². The molecule has 0 aromatic heterocycles. The minimum absolute atomic E-state index is 0.0426. The van der Waals surface area contributed by atoms with E-state index in [1.54, 1.807) is 6.07 Å². The molecule has 1 aromatic carbocycles. The first-order valence-corrected chi connectivity index (χ1v) is 7.18. The minimum Gasteiger partial charge on any atom is -0.296 e. The molecule has 1 heterocycles. The fourth-order valence-electron chi connectivity index (χ4n) is 2.53. The van der Waals surface area contributed by atoms with Gasteiger partial charge in [-0.2, -0.15) is 0 Å². The van der Waals surface area contributed by atoms with E-state index in [2.05, 4.69) is 14.9 Å². The van der Waals surface area contributed by atoms with Crippen molar-refractivity contribution < 1.29 is 0 Å². The SMILES string of the molecule is [N-]=[N+]=NCC(c1ccc(Cl)cc1Cl)N1CCCCC1. The molecule has 19 heavy (non-hydrogen) atoms. The second-order valence-electron chi connectivity index (χ2n) is 4.69. The summed E-state index contributed by atoms with van der Waals surface area (Å²) in [6.45, 7) is 2.44. The summed E-state index contributed by atoms with van der Waals surface area (Å²) < 4.78 is 0. The molecule has 1 aliphatic rings. The summed E-state index contributed by atoms with van der Waals surface area (Å²) in [4.78, 5) is 5.21. The van der Waals surface area contributed by atoms with Crippen LogP contribution < -0.4 is 0 Å². The second-order valence-corrected chi connectivity index (χ2v) is 5.54. The maximum Gasteiger partial charge on any atom is 0.0468 e. The zero-order chi connectivity index (χ0) is 13.7. The Morgan fingerprint density at radius 1 is 1.26 bits per heavy atom. The number of halogens is 2. The lowest BCUT2D eigenvalue weighted by Gasteiger charge is -2.34. The molecule has 1 unspecified atom stereocenters. The first kappa shape index (κ1) is 14.5. The van der Waals surface area contributed by atoms with E-state index in [0.717, 1.165) is 18.7 Å².